The van der Waals surface area contributed by atoms with Gasteiger partial charge >= 0.3 is 5.97 Å². The van der Waals surface area contributed by atoms with Gasteiger partial charge in [-0.3, -0.25) is 19.2 Å². The maximum atomic E-state index is 14.0. The second-order valence-corrected chi connectivity index (χ2v) is 9.69. The van der Waals surface area contributed by atoms with E-state index >= 15 is 0 Å². The lowest BCUT2D eigenvalue weighted by Crippen LogP contribution is -2.44. The minimum atomic E-state index is -0.900. The number of ketones is 1. The Balaban J connectivity index is 1.45. The first-order valence-electron chi connectivity index (χ1n) is 11.9. The highest BCUT2D eigenvalue weighted by molar-refractivity contribution is 6.36. The van der Waals surface area contributed by atoms with Gasteiger partial charge in [0.05, 0.1) is 28.6 Å². The molecule has 0 radical (unpaired) electrons. The Bertz CT molecular complexity index is 1500. The Morgan fingerprint density at radius 3 is 2.27 bits per heavy atom. The normalized spacial score (nSPS) is 23.5. The minimum Gasteiger partial charge on any atom is -0.427 e. The fourth-order valence-corrected chi connectivity index (χ4v) is 5.97. The van der Waals surface area contributed by atoms with Crippen molar-refractivity contribution in [2.75, 3.05) is 4.90 Å². The number of para-hydroxylation sites is 1. The van der Waals surface area contributed by atoms with E-state index in [9.17, 15) is 19.2 Å². The molecule has 184 valence electrons. The van der Waals surface area contributed by atoms with Gasteiger partial charge in [0.1, 0.15) is 11.8 Å². The van der Waals surface area contributed by atoms with Crippen molar-refractivity contribution in [1.29, 1.82) is 0 Å². The number of carbonyl (C=O) groups is 4. The second kappa shape index (κ2) is 8.71. The van der Waals surface area contributed by atoms with Crippen LogP contribution in [0, 0.1) is 11.8 Å². The number of hydrogen-bond donors (Lipinski definition) is 0. The first-order chi connectivity index (χ1) is 17.9. The van der Waals surface area contributed by atoms with Crippen molar-refractivity contribution in [1.82, 2.24) is 4.90 Å². The Labute approximate surface area is 217 Å². The van der Waals surface area contributed by atoms with Gasteiger partial charge in [-0.1, -0.05) is 48.0 Å². The summed E-state index contributed by atoms with van der Waals surface area (Å²) in [7, 11) is 0. The summed E-state index contributed by atoms with van der Waals surface area (Å²) in [6.45, 7) is 1.30. The van der Waals surface area contributed by atoms with E-state index in [4.69, 9.17) is 16.3 Å². The number of ether oxygens (including phenoxy) is 1. The zero-order chi connectivity index (χ0) is 25.8. The van der Waals surface area contributed by atoms with E-state index in [0.29, 0.717) is 17.0 Å². The molecule has 8 heteroatoms. The van der Waals surface area contributed by atoms with Crippen LogP contribution in [0.5, 0.6) is 5.75 Å². The molecule has 0 aliphatic carbocycles. The smallest absolute Gasteiger partial charge is 0.308 e. The van der Waals surface area contributed by atoms with Crippen LogP contribution in [0.2, 0.25) is 5.02 Å². The number of rotatable bonds is 4. The predicted molar refractivity (Wildman–Crippen MR) is 137 cm³/mol. The summed E-state index contributed by atoms with van der Waals surface area (Å²) in [5, 5.41) is 0.286. The highest BCUT2D eigenvalue weighted by Crippen LogP contribution is 2.54. The maximum absolute atomic E-state index is 14.0. The zero-order valence-corrected chi connectivity index (χ0v) is 20.5. The molecule has 0 bridgehead atoms. The highest BCUT2D eigenvalue weighted by atomic mass is 35.5. The number of carbonyl (C=O) groups excluding carboxylic acids is 4. The van der Waals surface area contributed by atoms with Gasteiger partial charge in [0.15, 0.2) is 5.78 Å². The summed E-state index contributed by atoms with van der Waals surface area (Å²) >= 11 is 6.39. The second-order valence-electron chi connectivity index (χ2n) is 9.28. The molecule has 37 heavy (non-hydrogen) atoms. The molecular weight excluding hydrogens is 492 g/mol. The summed E-state index contributed by atoms with van der Waals surface area (Å²) in [4.78, 5) is 56.0. The molecule has 3 aromatic carbocycles. The summed E-state index contributed by atoms with van der Waals surface area (Å²) in [5.74, 6) is -2.92. The van der Waals surface area contributed by atoms with Gasteiger partial charge in [-0.25, -0.2) is 4.90 Å². The Hall–Kier alpha value is -4.23. The molecule has 2 saturated heterocycles. The number of amides is 2. The van der Waals surface area contributed by atoms with Gasteiger partial charge in [-0.2, -0.15) is 0 Å². The molecule has 3 heterocycles. The van der Waals surface area contributed by atoms with Crippen molar-refractivity contribution in [3.8, 4) is 5.75 Å². The molecule has 6 rings (SSSR count). The molecule has 4 atom stereocenters. The summed E-state index contributed by atoms with van der Waals surface area (Å²) in [6.07, 6.45) is 3.71. The average molecular weight is 513 g/mol. The van der Waals surface area contributed by atoms with Crippen molar-refractivity contribution < 1.29 is 23.9 Å². The van der Waals surface area contributed by atoms with Crippen molar-refractivity contribution in [3.05, 3.63) is 101 Å². The van der Waals surface area contributed by atoms with Crippen LogP contribution in [0.4, 0.5) is 5.69 Å². The van der Waals surface area contributed by atoms with Crippen molar-refractivity contribution in [2.45, 2.75) is 19.0 Å². The van der Waals surface area contributed by atoms with Crippen LogP contribution in [0.3, 0.4) is 0 Å². The molecule has 3 aromatic rings. The molecule has 0 spiro atoms. The number of Topliss-reactive ketones (excluding diaryl/α,β-unsaturated/α-hetero) is 1. The lowest BCUT2D eigenvalue weighted by Gasteiger charge is -2.35. The number of esters is 1. The molecule has 2 fully saturated rings. The number of anilines is 1. The van der Waals surface area contributed by atoms with Crippen LogP contribution >= 0.6 is 11.6 Å². The molecule has 7 nitrogen and oxygen atoms in total. The molecule has 3 aliphatic heterocycles. The summed E-state index contributed by atoms with van der Waals surface area (Å²) in [5.41, 5.74) is 2.50. The SMILES string of the molecule is CC(=O)Oc1ccc(C(=O)[C@@H]2[C@@H]3C(=O)N(c4ccccc4Cl)C(=O)[C@@H]3[C@H]3c4ccccc4C=CN23)cc1. The third-order valence-corrected chi connectivity index (χ3v) is 7.54. The van der Waals surface area contributed by atoms with Gasteiger partial charge < -0.3 is 9.64 Å². The van der Waals surface area contributed by atoms with Gasteiger partial charge in [0, 0.05) is 18.7 Å². The maximum Gasteiger partial charge on any atom is 0.308 e. The van der Waals surface area contributed by atoms with Gasteiger partial charge in [0.25, 0.3) is 0 Å². The van der Waals surface area contributed by atoms with E-state index in [1.54, 1.807) is 36.4 Å². The Morgan fingerprint density at radius 1 is 0.865 bits per heavy atom. The van der Waals surface area contributed by atoms with E-state index in [-0.39, 0.29) is 16.7 Å². The predicted octanol–water partition coefficient (Wildman–Crippen LogP) is 4.66. The lowest BCUT2D eigenvalue weighted by molar-refractivity contribution is -0.132. The quantitative estimate of drug-likeness (QED) is 0.219. The Morgan fingerprint density at radius 2 is 1.54 bits per heavy atom. The topological polar surface area (TPSA) is 84.0 Å². The van der Waals surface area contributed by atoms with Crippen LogP contribution in [-0.4, -0.2) is 34.5 Å². The lowest BCUT2D eigenvalue weighted by atomic mass is 9.83. The molecule has 3 aliphatic rings. The number of fused-ring (bicyclic) bond motifs is 5. The number of hydrogen-bond acceptors (Lipinski definition) is 6. The monoisotopic (exact) mass is 512 g/mol. The van der Waals surface area contributed by atoms with Gasteiger partial charge in [-0.05, 0) is 53.6 Å². The molecule has 0 saturated carbocycles. The highest BCUT2D eigenvalue weighted by Gasteiger charge is 2.64. The molecule has 2 amide bonds. The van der Waals surface area contributed by atoms with Crippen molar-refractivity contribution in [3.63, 3.8) is 0 Å². The number of nitrogens with zero attached hydrogens (tertiary/aromatic N) is 2. The number of benzene rings is 3. The van der Waals surface area contributed by atoms with Crippen molar-refractivity contribution >= 4 is 46.9 Å². The fourth-order valence-electron chi connectivity index (χ4n) is 5.75. The van der Waals surface area contributed by atoms with Crippen LogP contribution in [-0.2, 0) is 14.4 Å². The van der Waals surface area contributed by atoms with E-state index in [0.717, 1.165) is 16.0 Å². The van der Waals surface area contributed by atoms with Gasteiger partial charge in [-0.15, -0.1) is 0 Å². The van der Waals surface area contributed by atoms with Crippen LogP contribution in [0.1, 0.15) is 34.5 Å². The van der Waals surface area contributed by atoms with Crippen LogP contribution < -0.4 is 9.64 Å². The number of halogens is 1. The van der Waals surface area contributed by atoms with E-state index in [1.807, 2.05) is 41.4 Å². The van der Waals surface area contributed by atoms with E-state index in [2.05, 4.69) is 0 Å². The van der Waals surface area contributed by atoms with Crippen LogP contribution in [0.15, 0.2) is 79.0 Å². The molecule has 0 unspecified atom stereocenters. The average Bonchev–Trinajstić information content (AvgIpc) is 3.37. The fraction of sp³-hybridized carbons (Fsp3) is 0.172. The summed E-state index contributed by atoms with van der Waals surface area (Å²) in [6, 6.07) is 19.2. The van der Waals surface area contributed by atoms with E-state index in [1.165, 1.54) is 19.1 Å². The summed E-state index contributed by atoms with van der Waals surface area (Å²) < 4.78 is 5.08. The zero-order valence-electron chi connectivity index (χ0n) is 19.7. The Kier molecular flexibility index (Phi) is 5.46. The van der Waals surface area contributed by atoms with Crippen LogP contribution in [0.25, 0.3) is 6.08 Å². The molecule has 0 aromatic heterocycles. The number of imide groups is 1. The van der Waals surface area contributed by atoms with Crippen molar-refractivity contribution in [2.24, 2.45) is 11.8 Å². The first kappa shape index (κ1) is 23.2. The van der Waals surface area contributed by atoms with Gasteiger partial charge in [0.2, 0.25) is 11.8 Å². The van der Waals surface area contributed by atoms with E-state index < -0.39 is 35.8 Å². The third-order valence-electron chi connectivity index (χ3n) is 7.22. The minimum absolute atomic E-state index is 0.286. The largest absolute Gasteiger partial charge is 0.427 e. The molecular formula is C29H21ClN2O5. The first-order valence-corrected chi connectivity index (χ1v) is 12.2. The standard InChI is InChI=1S/C29H21ClN2O5/c1-16(33)37-19-12-10-18(11-13-19)27(34)26-24-23(25-20-7-3-2-6-17(20)14-15-31(25)26)28(35)32(29(24)36)22-9-5-4-8-21(22)30/h2-15,23-26H,1H3/t23-,24+,25+,26-/m0/s1. The molecule has 0 N–H and O–H groups in total. The third kappa shape index (κ3) is 3.57.